The van der Waals surface area contributed by atoms with Gasteiger partial charge in [0.05, 0.1) is 17.7 Å². The zero-order valence-electron chi connectivity index (χ0n) is 11.5. The summed E-state index contributed by atoms with van der Waals surface area (Å²) < 4.78 is 13.3. The second kappa shape index (κ2) is 7.51. The minimum atomic E-state index is -0.357. The van der Waals surface area contributed by atoms with E-state index in [-0.39, 0.29) is 18.3 Å². The van der Waals surface area contributed by atoms with E-state index in [4.69, 9.17) is 0 Å². The lowest BCUT2D eigenvalue weighted by Crippen LogP contribution is -2.24. The van der Waals surface area contributed by atoms with E-state index in [9.17, 15) is 9.18 Å². The minimum absolute atomic E-state index is 0.176. The average molecular weight is 299 g/mol. The Morgan fingerprint density at radius 3 is 2.67 bits per heavy atom. The molecule has 0 aliphatic carbocycles. The van der Waals surface area contributed by atoms with Gasteiger partial charge in [0, 0.05) is 4.90 Å². The Kier molecular flexibility index (Phi) is 5.42. The van der Waals surface area contributed by atoms with Gasteiger partial charge >= 0.3 is 0 Å². The highest BCUT2D eigenvalue weighted by atomic mass is 32.2. The highest BCUT2D eigenvalue weighted by Crippen LogP contribution is 2.19. The molecule has 0 aliphatic heterocycles. The van der Waals surface area contributed by atoms with Gasteiger partial charge in [-0.05, 0) is 30.5 Å². The van der Waals surface area contributed by atoms with Gasteiger partial charge in [-0.1, -0.05) is 36.1 Å². The molecule has 0 bridgehead atoms. The number of nitrogens with one attached hydrogen (secondary N) is 1. The van der Waals surface area contributed by atoms with Gasteiger partial charge < -0.3 is 5.32 Å². The Morgan fingerprint density at radius 2 is 1.90 bits per heavy atom. The fraction of sp³-hybridized carbons (Fsp3) is 0.118. The fourth-order valence-corrected chi connectivity index (χ4v) is 2.35. The Bertz CT molecular complexity index is 703. The van der Waals surface area contributed by atoms with Gasteiger partial charge in [-0.2, -0.15) is 0 Å². The molecule has 0 aliphatic rings. The van der Waals surface area contributed by atoms with Crippen molar-refractivity contribution in [2.45, 2.75) is 4.90 Å². The second-order valence-corrected chi connectivity index (χ2v) is 5.01. The number of rotatable bonds is 3. The lowest BCUT2D eigenvalue weighted by Gasteiger charge is -2.05. The highest BCUT2D eigenvalue weighted by Gasteiger charge is 2.08. The summed E-state index contributed by atoms with van der Waals surface area (Å²) in [5.41, 5.74) is 0.953. The molecule has 0 saturated heterocycles. The van der Waals surface area contributed by atoms with Crippen LogP contribution in [-0.2, 0) is 0 Å². The molecule has 2 aromatic rings. The number of hydrogen-bond donors (Lipinski definition) is 1. The molecule has 0 unspecified atom stereocenters. The first-order valence-corrected chi connectivity index (χ1v) is 7.59. The highest BCUT2D eigenvalue weighted by molar-refractivity contribution is 7.98. The van der Waals surface area contributed by atoms with Gasteiger partial charge in [-0.3, -0.25) is 4.79 Å². The zero-order valence-corrected chi connectivity index (χ0v) is 12.3. The fourth-order valence-electron chi connectivity index (χ4n) is 1.75. The van der Waals surface area contributed by atoms with E-state index < -0.39 is 0 Å². The van der Waals surface area contributed by atoms with Crippen LogP contribution in [0.2, 0.25) is 0 Å². The molecule has 0 spiro atoms. The summed E-state index contributed by atoms with van der Waals surface area (Å²) in [6.45, 7) is 0.176. The van der Waals surface area contributed by atoms with Crippen LogP contribution in [0.15, 0.2) is 53.4 Å². The van der Waals surface area contributed by atoms with Crippen molar-refractivity contribution < 1.29 is 9.18 Å². The van der Waals surface area contributed by atoms with Gasteiger partial charge in [0.15, 0.2) is 0 Å². The van der Waals surface area contributed by atoms with Gasteiger partial charge in [0.25, 0.3) is 5.91 Å². The topological polar surface area (TPSA) is 29.1 Å². The van der Waals surface area contributed by atoms with Gasteiger partial charge in [-0.15, -0.1) is 11.8 Å². The van der Waals surface area contributed by atoms with E-state index in [1.54, 1.807) is 24.3 Å². The summed E-state index contributed by atoms with van der Waals surface area (Å²) in [5.74, 6) is 4.92. The first-order chi connectivity index (χ1) is 10.2. The first-order valence-electron chi connectivity index (χ1n) is 6.37. The smallest absolute Gasteiger partial charge is 0.253 e. The maximum Gasteiger partial charge on any atom is 0.253 e. The van der Waals surface area contributed by atoms with E-state index in [0.29, 0.717) is 11.1 Å². The van der Waals surface area contributed by atoms with E-state index in [1.807, 2.05) is 24.5 Å². The summed E-state index contributed by atoms with van der Waals surface area (Å²) in [7, 11) is 0. The Balaban J connectivity index is 1.98. The Labute approximate surface area is 127 Å². The third kappa shape index (κ3) is 4.11. The molecule has 0 radical (unpaired) electrons. The maximum absolute atomic E-state index is 13.3. The molecule has 4 heteroatoms. The molecule has 2 nitrogen and oxygen atoms in total. The van der Waals surface area contributed by atoms with Crippen molar-refractivity contribution in [3.05, 3.63) is 65.5 Å². The lowest BCUT2D eigenvalue weighted by molar-refractivity contribution is 0.0956. The summed E-state index contributed by atoms with van der Waals surface area (Å²) in [6, 6.07) is 13.7. The van der Waals surface area contributed by atoms with Crippen molar-refractivity contribution in [2.75, 3.05) is 12.8 Å². The molecule has 0 saturated carbocycles. The number of hydrogen-bond acceptors (Lipinski definition) is 2. The van der Waals surface area contributed by atoms with Gasteiger partial charge in [0.2, 0.25) is 0 Å². The van der Waals surface area contributed by atoms with Crippen molar-refractivity contribution in [1.29, 1.82) is 0 Å². The summed E-state index contributed by atoms with van der Waals surface area (Å²) >= 11 is 1.52. The summed E-state index contributed by atoms with van der Waals surface area (Å²) in [4.78, 5) is 13.0. The number of benzene rings is 2. The van der Waals surface area contributed by atoms with Crippen molar-refractivity contribution >= 4 is 17.7 Å². The molecule has 0 fully saturated rings. The average Bonchev–Trinajstić information content (AvgIpc) is 2.52. The van der Waals surface area contributed by atoms with E-state index >= 15 is 0 Å². The normalized spacial score (nSPS) is 9.62. The lowest BCUT2D eigenvalue weighted by atomic mass is 10.2. The third-order valence-corrected chi connectivity index (χ3v) is 3.58. The van der Waals surface area contributed by atoms with Crippen LogP contribution in [0.25, 0.3) is 0 Å². The summed E-state index contributed by atoms with van der Waals surface area (Å²) in [6.07, 6.45) is 1.92. The monoisotopic (exact) mass is 299 g/mol. The molecule has 0 heterocycles. The largest absolute Gasteiger partial charge is 0.341 e. The molecule has 21 heavy (non-hydrogen) atoms. The predicted molar refractivity (Wildman–Crippen MR) is 83.8 cm³/mol. The van der Waals surface area contributed by atoms with Crippen molar-refractivity contribution in [3.8, 4) is 11.8 Å². The molecule has 1 amide bonds. The van der Waals surface area contributed by atoms with E-state index in [1.165, 1.54) is 17.8 Å². The second-order valence-electron chi connectivity index (χ2n) is 4.16. The number of carbonyl (C=O) groups excluding carboxylic acids is 1. The van der Waals surface area contributed by atoms with E-state index in [2.05, 4.69) is 17.2 Å². The van der Waals surface area contributed by atoms with E-state index in [0.717, 1.165) is 4.90 Å². The number of carbonyl (C=O) groups is 1. The Morgan fingerprint density at radius 1 is 1.19 bits per heavy atom. The van der Waals surface area contributed by atoms with Gasteiger partial charge in [0.1, 0.15) is 5.82 Å². The summed E-state index contributed by atoms with van der Waals surface area (Å²) in [5, 5.41) is 2.72. The Hall–Kier alpha value is -2.25. The standard InChI is InChI=1S/C17H14FNOS/c1-21-16-11-5-3-9-14(16)17(20)19-12-6-8-13-7-2-4-10-15(13)18/h2-5,7,9-11H,12H2,1H3,(H,19,20). The van der Waals surface area contributed by atoms with Crippen LogP contribution in [0.5, 0.6) is 0 Å². The maximum atomic E-state index is 13.3. The number of thioether (sulfide) groups is 1. The predicted octanol–water partition coefficient (Wildman–Crippen LogP) is 3.33. The third-order valence-electron chi connectivity index (χ3n) is 2.79. The van der Waals surface area contributed by atoms with Crippen LogP contribution in [0.3, 0.4) is 0 Å². The van der Waals surface area contributed by atoms with Crippen LogP contribution in [0, 0.1) is 17.7 Å². The molecule has 2 aromatic carbocycles. The van der Waals surface area contributed by atoms with Crippen LogP contribution in [0.1, 0.15) is 15.9 Å². The van der Waals surface area contributed by atoms with Crippen molar-refractivity contribution in [3.63, 3.8) is 0 Å². The first kappa shape index (κ1) is 15.1. The van der Waals surface area contributed by atoms with Crippen LogP contribution in [-0.4, -0.2) is 18.7 Å². The molecular weight excluding hydrogens is 285 g/mol. The zero-order chi connectivity index (χ0) is 15.1. The molecular formula is C17H14FNOS. The molecule has 0 aromatic heterocycles. The van der Waals surface area contributed by atoms with Crippen molar-refractivity contribution in [2.24, 2.45) is 0 Å². The van der Waals surface area contributed by atoms with Crippen LogP contribution < -0.4 is 5.32 Å². The number of halogens is 1. The number of amides is 1. The minimum Gasteiger partial charge on any atom is -0.341 e. The van der Waals surface area contributed by atoms with Crippen molar-refractivity contribution in [1.82, 2.24) is 5.32 Å². The molecule has 106 valence electrons. The van der Waals surface area contributed by atoms with Crippen LogP contribution >= 0.6 is 11.8 Å². The quantitative estimate of drug-likeness (QED) is 0.696. The molecule has 1 N–H and O–H groups in total. The SMILES string of the molecule is CSc1ccccc1C(=O)NCC#Cc1ccccc1F. The van der Waals surface area contributed by atoms with Gasteiger partial charge in [-0.25, -0.2) is 4.39 Å². The van der Waals surface area contributed by atoms with Crippen LogP contribution in [0.4, 0.5) is 4.39 Å². The molecule has 0 atom stereocenters. The molecule has 2 rings (SSSR count).